The second-order valence-electron chi connectivity index (χ2n) is 16.0. The molecule has 16 nitrogen and oxygen atoms in total. The van der Waals surface area contributed by atoms with Gasteiger partial charge in [-0.3, -0.25) is 48.5 Å². The third-order valence-electron chi connectivity index (χ3n) is 11.9. The molecule has 322 valence electrons. The zero-order chi connectivity index (χ0) is 44.1. The number of hydrogen-bond acceptors (Lipinski definition) is 12. The first-order chi connectivity index (χ1) is 30.4. The van der Waals surface area contributed by atoms with Crippen LogP contribution >= 0.6 is 22.9 Å². The number of hydrogen-bond donors (Lipinski definition) is 4. The van der Waals surface area contributed by atoms with Crippen LogP contribution in [0.5, 0.6) is 0 Å². The van der Waals surface area contributed by atoms with Crippen molar-refractivity contribution in [3.05, 3.63) is 122 Å². The lowest BCUT2D eigenvalue weighted by molar-refractivity contribution is -0.136. The standard InChI is InChI=1S/C45H43ClN10O6S/c1-23-24(2)63-45-37(23)39(26-7-11-28(46)12-8-26)50-33(40-53-52-25(3)55(40)45)21-36(58)49-30-17-20-54(22-30)42(60)27-9-13-29(14-10-27)47-18-19-48-32-6-4-5-31-38(32)44(62)56(43(31)61)34-15-16-35(57)51-41(34)59/h4-14,30,33-34,47-48H,15-22H2,1-3H3,(H,49,58)(H,51,57,59)/t30-,33-,34?/m0/s1. The van der Waals surface area contributed by atoms with E-state index < -0.39 is 35.7 Å². The van der Waals surface area contributed by atoms with E-state index in [0.29, 0.717) is 60.5 Å². The molecule has 0 aliphatic carbocycles. The van der Waals surface area contributed by atoms with E-state index in [1.807, 2.05) is 47.9 Å². The number of piperidine rings is 1. The van der Waals surface area contributed by atoms with Crippen molar-refractivity contribution < 1.29 is 28.8 Å². The third-order valence-corrected chi connectivity index (χ3v) is 13.4. The molecule has 6 heterocycles. The molecule has 3 atom stereocenters. The largest absolute Gasteiger partial charge is 0.383 e. The van der Waals surface area contributed by atoms with Crippen molar-refractivity contribution in [1.29, 1.82) is 0 Å². The number of anilines is 2. The van der Waals surface area contributed by atoms with E-state index in [9.17, 15) is 28.8 Å². The minimum atomic E-state index is -1.04. The molecule has 5 aromatic rings. The van der Waals surface area contributed by atoms with E-state index in [4.69, 9.17) is 16.6 Å². The molecular formula is C45H43ClN10O6S. The van der Waals surface area contributed by atoms with Crippen molar-refractivity contribution in [2.24, 2.45) is 4.99 Å². The Morgan fingerprint density at radius 2 is 1.65 bits per heavy atom. The van der Waals surface area contributed by atoms with Gasteiger partial charge in [-0.05, 0) is 87.7 Å². The molecule has 0 spiro atoms. The summed E-state index contributed by atoms with van der Waals surface area (Å²) in [7, 11) is 0. The molecule has 2 aromatic heterocycles. The summed E-state index contributed by atoms with van der Waals surface area (Å²) in [4.78, 5) is 87.0. The second-order valence-corrected chi connectivity index (χ2v) is 17.7. The molecule has 0 saturated carbocycles. The van der Waals surface area contributed by atoms with Crippen molar-refractivity contribution in [3.63, 3.8) is 0 Å². The number of rotatable bonds is 11. The second kappa shape index (κ2) is 16.9. The molecule has 4 aliphatic rings. The molecule has 6 amide bonds. The topological polar surface area (TPSA) is 200 Å². The number of aromatic nitrogens is 3. The van der Waals surface area contributed by atoms with E-state index in [1.165, 1.54) is 0 Å². The van der Waals surface area contributed by atoms with Crippen molar-refractivity contribution in [2.75, 3.05) is 36.8 Å². The molecule has 0 bridgehead atoms. The Hall–Kier alpha value is -6.72. The molecule has 0 radical (unpaired) electrons. The van der Waals surface area contributed by atoms with Gasteiger partial charge in [0.25, 0.3) is 17.7 Å². The number of carbonyl (C=O) groups excluding carboxylic acids is 6. The van der Waals surface area contributed by atoms with Crippen molar-refractivity contribution >= 4 is 75.5 Å². The zero-order valence-electron chi connectivity index (χ0n) is 34.7. The number of imide groups is 2. The van der Waals surface area contributed by atoms with Gasteiger partial charge in [0.15, 0.2) is 5.82 Å². The average Bonchev–Trinajstić information content (AvgIpc) is 4.01. The Kier molecular flexibility index (Phi) is 11.1. The minimum absolute atomic E-state index is 0.0458. The van der Waals surface area contributed by atoms with E-state index in [0.717, 1.165) is 42.9 Å². The van der Waals surface area contributed by atoms with Gasteiger partial charge in [0.1, 0.15) is 22.9 Å². The van der Waals surface area contributed by atoms with E-state index in [-0.39, 0.29) is 48.2 Å². The third kappa shape index (κ3) is 7.86. The number of halogens is 1. The molecule has 9 rings (SSSR count). The summed E-state index contributed by atoms with van der Waals surface area (Å²) < 4.78 is 2.02. The number of likely N-dealkylation sites (tertiary alicyclic amines) is 1. The normalized spacial score (nSPS) is 19.2. The summed E-state index contributed by atoms with van der Waals surface area (Å²) in [6.45, 7) is 7.77. The lowest BCUT2D eigenvalue weighted by atomic mass is 9.99. The number of fused-ring (bicyclic) bond motifs is 4. The first-order valence-corrected chi connectivity index (χ1v) is 21.9. The SMILES string of the molecule is Cc1sc2c(c1C)C(c1ccc(Cl)cc1)=N[C@@H](CC(=O)N[C@H]1CCN(C(=O)c3ccc(NCCNc4cccc5c4C(=O)N(C4CCC(=O)NC4=O)C5=O)cc3)C1)c1nnc(C)n1-2. The van der Waals surface area contributed by atoms with Gasteiger partial charge in [-0.2, -0.15) is 0 Å². The van der Waals surface area contributed by atoms with Crippen LogP contribution in [0.25, 0.3) is 5.00 Å². The Morgan fingerprint density at radius 3 is 2.41 bits per heavy atom. The number of thiophene rings is 1. The molecule has 2 fully saturated rings. The van der Waals surface area contributed by atoms with Gasteiger partial charge >= 0.3 is 0 Å². The Bertz CT molecular complexity index is 2750. The number of nitrogens with zero attached hydrogens (tertiary/aromatic N) is 6. The predicted molar refractivity (Wildman–Crippen MR) is 237 cm³/mol. The average molecular weight is 887 g/mol. The van der Waals surface area contributed by atoms with E-state index in [2.05, 4.69) is 45.3 Å². The Labute approximate surface area is 371 Å². The molecule has 2 saturated heterocycles. The van der Waals surface area contributed by atoms with Crippen molar-refractivity contribution in [1.82, 2.24) is 35.2 Å². The molecule has 4 aliphatic heterocycles. The van der Waals surface area contributed by atoms with Crippen LogP contribution in [-0.2, 0) is 14.4 Å². The van der Waals surface area contributed by atoms with Gasteiger partial charge in [-0.15, -0.1) is 21.5 Å². The number of aliphatic imine (C=N–C) groups is 1. The van der Waals surface area contributed by atoms with Crippen molar-refractivity contribution in [2.45, 2.75) is 64.6 Å². The molecule has 63 heavy (non-hydrogen) atoms. The van der Waals surface area contributed by atoms with Crippen LogP contribution in [0.15, 0.2) is 71.7 Å². The van der Waals surface area contributed by atoms with Gasteiger partial charge in [0.2, 0.25) is 17.7 Å². The fourth-order valence-electron chi connectivity index (χ4n) is 8.64. The number of amides is 6. The quantitative estimate of drug-likeness (QED) is 0.102. The van der Waals surface area contributed by atoms with Gasteiger partial charge in [-0.1, -0.05) is 29.8 Å². The fourth-order valence-corrected chi connectivity index (χ4v) is 9.98. The number of carbonyl (C=O) groups is 6. The van der Waals surface area contributed by atoms with Crippen LogP contribution in [-0.4, -0.2) is 104 Å². The molecule has 3 aromatic carbocycles. The zero-order valence-corrected chi connectivity index (χ0v) is 36.2. The summed E-state index contributed by atoms with van der Waals surface area (Å²) >= 11 is 7.90. The highest BCUT2D eigenvalue weighted by molar-refractivity contribution is 7.15. The number of benzene rings is 3. The van der Waals surface area contributed by atoms with Crippen LogP contribution in [0.4, 0.5) is 11.4 Å². The summed E-state index contributed by atoms with van der Waals surface area (Å²) in [6.07, 6.45) is 0.784. The maximum Gasteiger partial charge on any atom is 0.264 e. The summed E-state index contributed by atoms with van der Waals surface area (Å²) in [5, 5.41) is 22.4. The maximum atomic E-state index is 13.7. The monoisotopic (exact) mass is 886 g/mol. The molecule has 4 N–H and O–H groups in total. The summed E-state index contributed by atoms with van der Waals surface area (Å²) in [6, 6.07) is 17.7. The number of aryl methyl sites for hydroxylation is 2. The van der Waals surface area contributed by atoms with Crippen LogP contribution in [0.1, 0.15) is 96.0 Å². The van der Waals surface area contributed by atoms with Gasteiger partial charge in [-0.25, -0.2) is 0 Å². The Balaban J connectivity index is 0.790. The van der Waals surface area contributed by atoms with E-state index >= 15 is 0 Å². The lowest BCUT2D eigenvalue weighted by Crippen LogP contribution is -2.54. The summed E-state index contributed by atoms with van der Waals surface area (Å²) in [5.74, 6) is -1.25. The molecule has 1 unspecified atom stereocenters. The Morgan fingerprint density at radius 1 is 0.889 bits per heavy atom. The van der Waals surface area contributed by atoms with Crippen LogP contribution in [0.2, 0.25) is 5.02 Å². The first-order valence-electron chi connectivity index (χ1n) is 20.7. The fraction of sp³-hybridized carbons (Fsp3) is 0.311. The first kappa shape index (κ1) is 41.6. The smallest absolute Gasteiger partial charge is 0.264 e. The highest BCUT2D eigenvalue weighted by Crippen LogP contribution is 2.40. The van der Waals surface area contributed by atoms with E-state index in [1.54, 1.807) is 46.6 Å². The van der Waals surface area contributed by atoms with Crippen molar-refractivity contribution in [3.8, 4) is 5.00 Å². The van der Waals surface area contributed by atoms with Crippen LogP contribution in [0, 0.1) is 20.8 Å². The lowest BCUT2D eigenvalue weighted by Gasteiger charge is -2.27. The highest BCUT2D eigenvalue weighted by Gasteiger charge is 2.45. The molecule has 18 heteroatoms. The van der Waals surface area contributed by atoms with Gasteiger partial charge in [0.05, 0.1) is 23.3 Å². The van der Waals surface area contributed by atoms with Crippen LogP contribution in [0.3, 0.4) is 0 Å². The molecular weight excluding hydrogens is 844 g/mol. The maximum absolute atomic E-state index is 13.7. The van der Waals surface area contributed by atoms with Gasteiger partial charge < -0.3 is 20.9 Å². The highest BCUT2D eigenvalue weighted by atomic mass is 35.5. The summed E-state index contributed by atoms with van der Waals surface area (Å²) in [5.41, 5.74) is 5.92. The predicted octanol–water partition coefficient (Wildman–Crippen LogP) is 5.15. The number of nitrogens with one attached hydrogen (secondary N) is 4. The van der Waals surface area contributed by atoms with Crippen LogP contribution < -0.4 is 21.3 Å². The van der Waals surface area contributed by atoms with Gasteiger partial charge in [0, 0.05) is 76.6 Å². The minimum Gasteiger partial charge on any atom is -0.383 e.